The summed E-state index contributed by atoms with van der Waals surface area (Å²) in [5, 5.41) is 10.3. The first kappa shape index (κ1) is 14.2. The Kier molecular flexibility index (Phi) is 3.85. The van der Waals surface area contributed by atoms with Crippen molar-refractivity contribution in [2.24, 2.45) is 0 Å². The maximum atomic E-state index is 11.8. The Morgan fingerprint density at radius 3 is 2.75 bits per heavy atom. The number of hydrogen-bond acceptors (Lipinski definition) is 4. The van der Waals surface area contributed by atoms with Crippen molar-refractivity contribution in [3.05, 3.63) is 55.2 Å². The average Bonchev–Trinajstić information content (AvgIpc) is 2.42. The van der Waals surface area contributed by atoms with E-state index in [2.05, 4.69) is 4.98 Å². The highest BCUT2D eigenvalue weighted by Gasteiger charge is 2.14. The smallest absolute Gasteiger partial charge is 0.331 e. The molecule has 0 amide bonds. The zero-order valence-electron chi connectivity index (χ0n) is 10.9. The van der Waals surface area contributed by atoms with Crippen molar-refractivity contribution >= 4 is 11.6 Å². The standard InChI is InChI=1S/C13H13ClN2O4/c1-7-11(17)15-13(19)16(12(7)18)6-8-9(14)4-3-5-10(8)20-2/h3-5,18H,6H2,1-2H3,(H,15,17,19). The SMILES string of the molecule is COc1cccc(Cl)c1Cn1c(O)c(C)c(=O)[nH]c1=O. The highest BCUT2D eigenvalue weighted by molar-refractivity contribution is 6.31. The Morgan fingerprint density at radius 2 is 2.10 bits per heavy atom. The zero-order valence-corrected chi connectivity index (χ0v) is 11.7. The second-order valence-corrected chi connectivity index (χ2v) is 4.62. The molecule has 1 heterocycles. The van der Waals surface area contributed by atoms with Gasteiger partial charge in [0.1, 0.15) is 5.75 Å². The van der Waals surface area contributed by atoms with E-state index in [1.165, 1.54) is 14.0 Å². The molecule has 1 aromatic carbocycles. The lowest BCUT2D eigenvalue weighted by Gasteiger charge is -2.13. The van der Waals surface area contributed by atoms with Crippen LogP contribution in [0.5, 0.6) is 11.6 Å². The first-order valence-corrected chi connectivity index (χ1v) is 6.17. The lowest BCUT2D eigenvalue weighted by Crippen LogP contribution is -2.31. The zero-order chi connectivity index (χ0) is 14.9. The second kappa shape index (κ2) is 5.42. The number of halogens is 1. The second-order valence-electron chi connectivity index (χ2n) is 4.21. The molecule has 0 fully saturated rings. The Hall–Kier alpha value is -2.21. The molecule has 0 saturated heterocycles. The van der Waals surface area contributed by atoms with Crippen molar-refractivity contribution in [1.82, 2.24) is 9.55 Å². The molecule has 0 saturated carbocycles. The molecule has 2 aromatic rings. The van der Waals surface area contributed by atoms with Crippen LogP contribution in [0.3, 0.4) is 0 Å². The molecule has 7 heteroatoms. The van der Waals surface area contributed by atoms with Crippen molar-refractivity contribution in [1.29, 1.82) is 0 Å². The van der Waals surface area contributed by atoms with E-state index in [-0.39, 0.29) is 18.0 Å². The van der Waals surface area contributed by atoms with Crippen LogP contribution in [-0.2, 0) is 6.54 Å². The highest BCUT2D eigenvalue weighted by Crippen LogP contribution is 2.27. The molecule has 0 atom stereocenters. The van der Waals surface area contributed by atoms with Crippen LogP contribution in [0.15, 0.2) is 27.8 Å². The van der Waals surface area contributed by atoms with Gasteiger partial charge in [-0.3, -0.25) is 14.3 Å². The molecular weight excluding hydrogens is 284 g/mol. The highest BCUT2D eigenvalue weighted by atomic mass is 35.5. The van der Waals surface area contributed by atoms with Crippen molar-refractivity contribution in [2.45, 2.75) is 13.5 Å². The van der Waals surface area contributed by atoms with Crippen LogP contribution >= 0.6 is 11.6 Å². The molecule has 1 aromatic heterocycles. The lowest BCUT2D eigenvalue weighted by molar-refractivity contribution is 0.391. The summed E-state index contributed by atoms with van der Waals surface area (Å²) in [5.41, 5.74) is -0.717. The van der Waals surface area contributed by atoms with Gasteiger partial charge in [0.25, 0.3) is 5.56 Å². The molecule has 20 heavy (non-hydrogen) atoms. The number of ether oxygens (including phenoxy) is 1. The molecule has 0 radical (unpaired) electrons. The third-order valence-corrected chi connectivity index (χ3v) is 3.36. The van der Waals surface area contributed by atoms with Crippen molar-refractivity contribution in [2.75, 3.05) is 7.11 Å². The fourth-order valence-electron chi connectivity index (χ4n) is 1.85. The van der Waals surface area contributed by atoms with Gasteiger partial charge in [0.05, 0.1) is 19.2 Å². The number of aromatic amines is 1. The number of rotatable bonds is 3. The molecule has 0 aliphatic heterocycles. The molecule has 0 spiro atoms. The van der Waals surface area contributed by atoms with E-state index < -0.39 is 11.2 Å². The maximum absolute atomic E-state index is 11.8. The van der Waals surface area contributed by atoms with E-state index in [9.17, 15) is 14.7 Å². The fraction of sp³-hybridized carbons (Fsp3) is 0.231. The Morgan fingerprint density at radius 1 is 1.40 bits per heavy atom. The molecule has 2 rings (SSSR count). The molecule has 6 nitrogen and oxygen atoms in total. The van der Waals surface area contributed by atoms with Gasteiger partial charge in [0.15, 0.2) is 0 Å². The van der Waals surface area contributed by atoms with E-state index in [0.717, 1.165) is 4.57 Å². The minimum atomic E-state index is -0.708. The normalized spacial score (nSPS) is 10.6. The van der Waals surface area contributed by atoms with Gasteiger partial charge in [-0.15, -0.1) is 0 Å². The molecular formula is C13H13ClN2O4. The number of aromatic nitrogens is 2. The summed E-state index contributed by atoms with van der Waals surface area (Å²) in [6.45, 7) is 1.42. The molecule has 2 N–H and O–H groups in total. The summed E-state index contributed by atoms with van der Waals surface area (Å²) < 4.78 is 6.21. The number of hydrogen-bond donors (Lipinski definition) is 2. The fourth-order valence-corrected chi connectivity index (χ4v) is 2.07. The van der Waals surface area contributed by atoms with Crippen LogP contribution in [0.1, 0.15) is 11.1 Å². The monoisotopic (exact) mass is 296 g/mol. The van der Waals surface area contributed by atoms with Crippen LogP contribution < -0.4 is 16.0 Å². The summed E-state index contributed by atoms with van der Waals surface area (Å²) in [6, 6.07) is 5.06. The summed E-state index contributed by atoms with van der Waals surface area (Å²) in [5.74, 6) is 0.105. The molecule has 0 bridgehead atoms. The van der Waals surface area contributed by atoms with Crippen molar-refractivity contribution < 1.29 is 9.84 Å². The van der Waals surface area contributed by atoms with Gasteiger partial charge in [0, 0.05) is 10.6 Å². The minimum Gasteiger partial charge on any atom is -0.496 e. The first-order chi connectivity index (χ1) is 9.45. The number of nitrogens with zero attached hydrogens (tertiary/aromatic N) is 1. The van der Waals surface area contributed by atoms with Crippen LogP contribution in [0.4, 0.5) is 0 Å². The third-order valence-electron chi connectivity index (χ3n) is 3.01. The van der Waals surface area contributed by atoms with Gasteiger partial charge in [-0.05, 0) is 19.1 Å². The average molecular weight is 297 g/mol. The predicted molar refractivity (Wildman–Crippen MR) is 74.8 cm³/mol. The number of aromatic hydroxyl groups is 1. The Balaban J connectivity index is 2.60. The maximum Gasteiger partial charge on any atom is 0.331 e. The minimum absolute atomic E-state index is 0.00880. The van der Waals surface area contributed by atoms with E-state index in [1.807, 2.05) is 0 Å². The number of benzene rings is 1. The van der Waals surface area contributed by atoms with E-state index in [4.69, 9.17) is 16.3 Å². The number of methoxy groups -OCH3 is 1. The first-order valence-electron chi connectivity index (χ1n) is 5.79. The van der Waals surface area contributed by atoms with Gasteiger partial charge in [-0.2, -0.15) is 0 Å². The van der Waals surface area contributed by atoms with Gasteiger partial charge in [-0.25, -0.2) is 4.79 Å². The molecule has 106 valence electrons. The quantitative estimate of drug-likeness (QED) is 0.893. The van der Waals surface area contributed by atoms with Crippen molar-refractivity contribution in [3.63, 3.8) is 0 Å². The Bertz CT molecular complexity index is 764. The topological polar surface area (TPSA) is 84.3 Å². The summed E-state index contributed by atoms with van der Waals surface area (Å²) >= 11 is 6.08. The summed E-state index contributed by atoms with van der Waals surface area (Å²) in [6.07, 6.45) is 0. The van der Waals surface area contributed by atoms with Crippen LogP contribution in [0, 0.1) is 6.92 Å². The number of H-pyrrole nitrogens is 1. The molecule has 0 aliphatic carbocycles. The molecule has 0 aliphatic rings. The van der Waals surface area contributed by atoms with Gasteiger partial charge >= 0.3 is 5.69 Å². The van der Waals surface area contributed by atoms with E-state index in [0.29, 0.717) is 16.3 Å². The number of nitrogens with one attached hydrogen (secondary N) is 1. The van der Waals surface area contributed by atoms with Crippen molar-refractivity contribution in [3.8, 4) is 11.6 Å². The van der Waals surface area contributed by atoms with Gasteiger partial charge < -0.3 is 9.84 Å². The van der Waals surface area contributed by atoms with Crippen LogP contribution in [0.25, 0.3) is 0 Å². The largest absolute Gasteiger partial charge is 0.496 e. The van der Waals surface area contributed by atoms with Crippen LogP contribution in [0.2, 0.25) is 5.02 Å². The predicted octanol–water partition coefficient (Wildman–Crippen LogP) is 1.26. The van der Waals surface area contributed by atoms with Gasteiger partial charge in [0.2, 0.25) is 5.88 Å². The van der Waals surface area contributed by atoms with Crippen LogP contribution in [-0.4, -0.2) is 21.8 Å². The lowest BCUT2D eigenvalue weighted by atomic mass is 10.2. The molecule has 0 unspecified atom stereocenters. The summed E-state index contributed by atoms with van der Waals surface area (Å²) in [7, 11) is 1.48. The Labute approximate surface area is 119 Å². The van der Waals surface area contributed by atoms with E-state index >= 15 is 0 Å². The summed E-state index contributed by atoms with van der Waals surface area (Å²) in [4.78, 5) is 25.3. The van der Waals surface area contributed by atoms with Gasteiger partial charge in [-0.1, -0.05) is 17.7 Å². The third kappa shape index (κ3) is 2.42. The van der Waals surface area contributed by atoms with E-state index in [1.54, 1.807) is 18.2 Å².